The number of urea groups is 2. The molecule has 0 spiro atoms. The normalized spacial score (nSPS) is 16.9. The number of esters is 1. The number of anilines is 1. The van der Waals surface area contributed by atoms with E-state index in [4.69, 9.17) is 4.74 Å². The molecule has 2 aromatic carbocycles. The highest BCUT2D eigenvalue weighted by Gasteiger charge is 2.33. The van der Waals surface area contributed by atoms with Crippen LogP contribution in [0.5, 0.6) is 0 Å². The zero-order valence-corrected chi connectivity index (χ0v) is 19.9. The summed E-state index contributed by atoms with van der Waals surface area (Å²) in [6.07, 6.45) is 1.50. The number of rotatable bonds is 5. The molecule has 3 heterocycles. The maximum atomic E-state index is 13.0. The highest BCUT2D eigenvalue weighted by atomic mass is 16.5. The van der Waals surface area contributed by atoms with Gasteiger partial charge in [-0.05, 0) is 42.2 Å². The molecule has 2 aliphatic heterocycles. The average Bonchev–Trinajstić information content (AvgIpc) is 3.26. The summed E-state index contributed by atoms with van der Waals surface area (Å²) in [6, 6.07) is 11.7. The van der Waals surface area contributed by atoms with Gasteiger partial charge in [0, 0.05) is 37.8 Å². The quantitative estimate of drug-likeness (QED) is 0.404. The van der Waals surface area contributed by atoms with E-state index in [2.05, 4.69) is 20.6 Å². The molecule has 1 unspecified atom stereocenters. The highest BCUT2D eigenvalue weighted by molar-refractivity contribution is 5.92. The van der Waals surface area contributed by atoms with Crippen molar-refractivity contribution in [1.82, 2.24) is 25.1 Å². The molecule has 2 aliphatic rings. The van der Waals surface area contributed by atoms with E-state index >= 15 is 0 Å². The van der Waals surface area contributed by atoms with Crippen molar-refractivity contribution >= 4 is 34.8 Å². The lowest BCUT2D eigenvalue weighted by Crippen LogP contribution is -2.54. The van der Waals surface area contributed by atoms with Crippen LogP contribution in [0.2, 0.25) is 0 Å². The molecule has 4 N–H and O–H groups in total. The number of aromatic amines is 2. The summed E-state index contributed by atoms with van der Waals surface area (Å²) in [5.74, 6) is -0.551. The Bertz CT molecular complexity index is 1360. The van der Waals surface area contributed by atoms with Gasteiger partial charge in [-0.15, -0.1) is 0 Å². The highest BCUT2D eigenvalue weighted by Crippen LogP contribution is 2.27. The Balaban J connectivity index is 1.20. The number of para-hydroxylation sites is 1. The van der Waals surface area contributed by atoms with Gasteiger partial charge in [0.05, 0.1) is 18.1 Å². The number of amides is 4. The second-order valence-corrected chi connectivity index (χ2v) is 9.12. The molecule has 0 bridgehead atoms. The number of piperidine rings is 1. The number of hydrogen-bond acceptors (Lipinski definition) is 5. The number of nitrogens with zero attached hydrogens (tertiary/aromatic N) is 2. The van der Waals surface area contributed by atoms with E-state index in [1.54, 1.807) is 23.1 Å². The molecule has 1 atom stereocenters. The van der Waals surface area contributed by atoms with Crippen molar-refractivity contribution in [2.75, 3.05) is 25.5 Å². The summed E-state index contributed by atoms with van der Waals surface area (Å²) in [6.45, 7) is 1.47. The van der Waals surface area contributed by atoms with Gasteiger partial charge in [-0.1, -0.05) is 24.3 Å². The summed E-state index contributed by atoms with van der Waals surface area (Å²) in [5.41, 5.74) is 3.65. The molecule has 1 saturated heterocycles. The number of likely N-dealkylation sites (tertiary alicyclic amines) is 1. The molecule has 188 valence electrons. The van der Waals surface area contributed by atoms with E-state index in [0.717, 1.165) is 16.8 Å². The van der Waals surface area contributed by atoms with Gasteiger partial charge in [0.15, 0.2) is 0 Å². The number of methoxy groups -OCH3 is 1. The van der Waals surface area contributed by atoms with Crippen LogP contribution in [0.1, 0.15) is 24.0 Å². The van der Waals surface area contributed by atoms with Crippen molar-refractivity contribution in [3.8, 4) is 0 Å². The van der Waals surface area contributed by atoms with Gasteiger partial charge in [0.1, 0.15) is 6.04 Å². The number of aromatic nitrogens is 2. The number of hydrogen-bond donors (Lipinski definition) is 4. The number of benzene rings is 2. The van der Waals surface area contributed by atoms with Crippen molar-refractivity contribution < 1.29 is 19.1 Å². The topological polar surface area (TPSA) is 140 Å². The standard InChI is InChI=1S/C25H28N6O5/c1-36-22(32)21(13-15-6-7-19-20(12-15)27-23(33)26-19)29-24(34)30-10-8-17(9-11-30)31-14-16-4-2-3-5-18(16)28-25(31)35/h2-7,12,17,21H,8-11,13-14H2,1H3,(H,28,35)(H,29,34)(H2,26,27,33). The zero-order valence-electron chi connectivity index (χ0n) is 19.9. The number of imidazole rings is 1. The second-order valence-electron chi connectivity index (χ2n) is 9.12. The van der Waals surface area contributed by atoms with Crippen LogP contribution in [-0.4, -0.2) is 70.1 Å². The lowest BCUT2D eigenvalue weighted by atomic mass is 10.0. The molecule has 4 amide bonds. The number of carbonyl (C=O) groups is 3. The predicted octanol–water partition coefficient (Wildman–Crippen LogP) is 2.16. The maximum Gasteiger partial charge on any atom is 0.328 e. The first kappa shape index (κ1) is 23.5. The van der Waals surface area contributed by atoms with E-state index < -0.39 is 12.0 Å². The first-order valence-electron chi connectivity index (χ1n) is 11.9. The van der Waals surface area contributed by atoms with E-state index in [9.17, 15) is 19.2 Å². The Morgan fingerprint density at radius 2 is 1.83 bits per heavy atom. The maximum absolute atomic E-state index is 13.0. The fourth-order valence-corrected chi connectivity index (χ4v) is 4.92. The second kappa shape index (κ2) is 9.76. The van der Waals surface area contributed by atoms with Gasteiger partial charge < -0.3 is 35.1 Å². The molecular weight excluding hydrogens is 464 g/mol. The summed E-state index contributed by atoms with van der Waals surface area (Å²) in [4.78, 5) is 58.4. The largest absolute Gasteiger partial charge is 0.467 e. The van der Waals surface area contributed by atoms with Gasteiger partial charge in [0.25, 0.3) is 0 Å². The van der Waals surface area contributed by atoms with Crippen molar-refractivity contribution in [3.63, 3.8) is 0 Å². The van der Waals surface area contributed by atoms with Crippen molar-refractivity contribution in [2.45, 2.75) is 37.9 Å². The van der Waals surface area contributed by atoms with Crippen LogP contribution in [0.25, 0.3) is 11.0 Å². The molecule has 3 aromatic rings. The minimum absolute atomic E-state index is 0.0223. The number of carbonyl (C=O) groups excluding carboxylic acids is 3. The van der Waals surface area contributed by atoms with Gasteiger partial charge in [0.2, 0.25) is 0 Å². The van der Waals surface area contributed by atoms with Gasteiger partial charge >= 0.3 is 23.7 Å². The summed E-state index contributed by atoms with van der Waals surface area (Å²) in [5, 5.41) is 5.74. The molecule has 1 aromatic heterocycles. The molecular formula is C25H28N6O5. The van der Waals surface area contributed by atoms with Crippen LogP contribution in [0.4, 0.5) is 15.3 Å². The lowest BCUT2D eigenvalue weighted by Gasteiger charge is -2.40. The van der Waals surface area contributed by atoms with E-state index in [-0.39, 0.29) is 30.2 Å². The molecule has 11 nitrogen and oxygen atoms in total. The predicted molar refractivity (Wildman–Crippen MR) is 133 cm³/mol. The third kappa shape index (κ3) is 4.77. The lowest BCUT2D eigenvalue weighted by molar-refractivity contribution is -0.142. The van der Waals surface area contributed by atoms with Crippen LogP contribution in [-0.2, 0) is 22.5 Å². The van der Waals surface area contributed by atoms with Crippen LogP contribution < -0.4 is 16.3 Å². The molecule has 0 radical (unpaired) electrons. The molecule has 1 fully saturated rings. The Labute approximate surface area is 206 Å². The van der Waals surface area contributed by atoms with Gasteiger partial charge in [-0.25, -0.2) is 19.2 Å². The molecule has 5 rings (SSSR count). The molecule has 11 heteroatoms. The van der Waals surface area contributed by atoms with Crippen molar-refractivity contribution in [1.29, 1.82) is 0 Å². The SMILES string of the molecule is COC(=O)C(Cc1ccc2[nH]c(=O)[nH]c2c1)NC(=O)N1CCC(N2Cc3ccccc3NC2=O)CC1. The molecule has 36 heavy (non-hydrogen) atoms. The number of nitrogens with one attached hydrogen (secondary N) is 4. The summed E-state index contributed by atoms with van der Waals surface area (Å²) >= 11 is 0. The fourth-order valence-electron chi connectivity index (χ4n) is 4.92. The Morgan fingerprint density at radius 3 is 2.61 bits per heavy atom. The number of H-pyrrole nitrogens is 2. The van der Waals surface area contributed by atoms with Crippen molar-refractivity contribution in [3.05, 3.63) is 64.1 Å². The minimum atomic E-state index is -0.882. The molecule has 0 aliphatic carbocycles. The summed E-state index contributed by atoms with van der Waals surface area (Å²) < 4.78 is 4.91. The van der Waals surface area contributed by atoms with Crippen LogP contribution >= 0.6 is 0 Å². The van der Waals surface area contributed by atoms with Gasteiger partial charge in [-0.3, -0.25) is 0 Å². The first-order valence-corrected chi connectivity index (χ1v) is 11.9. The monoisotopic (exact) mass is 492 g/mol. The van der Waals surface area contributed by atoms with E-state index in [0.29, 0.717) is 43.5 Å². The average molecular weight is 493 g/mol. The summed E-state index contributed by atoms with van der Waals surface area (Å²) in [7, 11) is 1.28. The smallest absolute Gasteiger partial charge is 0.328 e. The van der Waals surface area contributed by atoms with Crippen molar-refractivity contribution in [2.24, 2.45) is 0 Å². The van der Waals surface area contributed by atoms with E-state index in [1.165, 1.54) is 7.11 Å². The molecule has 0 saturated carbocycles. The van der Waals surface area contributed by atoms with E-state index in [1.807, 2.05) is 29.2 Å². The fraction of sp³-hybridized carbons (Fsp3) is 0.360. The number of ether oxygens (including phenoxy) is 1. The minimum Gasteiger partial charge on any atom is -0.467 e. The Hall–Kier alpha value is -4.28. The Kier molecular flexibility index (Phi) is 6.36. The third-order valence-corrected chi connectivity index (χ3v) is 6.86. The number of fused-ring (bicyclic) bond motifs is 2. The third-order valence-electron chi connectivity index (χ3n) is 6.86. The Morgan fingerprint density at radius 1 is 1.08 bits per heavy atom. The first-order chi connectivity index (χ1) is 17.4. The van der Waals surface area contributed by atoms with Crippen LogP contribution in [0.3, 0.4) is 0 Å². The van der Waals surface area contributed by atoms with Gasteiger partial charge in [-0.2, -0.15) is 0 Å². The zero-order chi connectivity index (χ0) is 25.2. The van der Waals surface area contributed by atoms with Crippen LogP contribution in [0, 0.1) is 0 Å². The van der Waals surface area contributed by atoms with Crippen LogP contribution in [0.15, 0.2) is 47.3 Å².